The Morgan fingerprint density at radius 2 is 0.696 bits per heavy atom. The molecule has 12 aliphatic carbocycles. The number of imidazole rings is 2. The van der Waals surface area contributed by atoms with Crippen molar-refractivity contribution >= 4 is 78.5 Å². The maximum Gasteiger partial charge on any atom is 0.154 e. The number of fused-ring (bicyclic) bond motifs is 4. The van der Waals surface area contributed by atoms with Crippen LogP contribution in [0, 0.1) is 17.6 Å². The highest BCUT2D eigenvalue weighted by atomic mass is 16.4. The Kier molecular flexibility index (Phi) is 24.6. The fourth-order valence-electron chi connectivity index (χ4n) is 19.1. The van der Waals surface area contributed by atoms with Crippen LogP contribution in [0.4, 0.5) is 0 Å². The van der Waals surface area contributed by atoms with Gasteiger partial charge in [-0.05, 0) is 155 Å². The Bertz CT molecular complexity index is 7490. The molecule has 0 fully saturated rings. The lowest BCUT2D eigenvalue weighted by atomic mass is 9.65. The van der Waals surface area contributed by atoms with E-state index in [9.17, 15) is 30.6 Å². The smallest absolute Gasteiger partial charge is 0.154 e. The number of nitrogens with zero attached hydrogens (tertiary/aromatic N) is 2. The van der Waals surface area contributed by atoms with Gasteiger partial charge in [-0.1, -0.05) is 409 Å². The SMILES string of the molecule is C1=CC(=Cc2cnc[nH]2)C=C1.C1=CC(=c2/c(=c3\[nH]c4ccccc4c3=C3C=CC=C3)[nH]c3ccccc23)C=C1.CC(C)(C)c1cc(C(=C2C=CC=C2)c2ccccc2)c(O)cc1O.Cc1[nH]cnc1C=C1C=CC=C1.OC1(C2(O)C(=C3C=CC=C3)c3ccccc3C2=C2C=CC=C2)C(=C2C=CC=C2)c2ccccc2C1=C1C=CC=C1.Oc1ccc(C(=C2C=CC=C2)c2ccccc2)c(O)c1. The van der Waals surface area contributed by atoms with Crippen molar-refractivity contribution in [3.05, 3.63) is 583 Å². The Labute approximate surface area is 784 Å². The molecule has 135 heavy (non-hydrogen) atoms. The largest absolute Gasteiger partial charge is 0.508 e. The second-order valence-electron chi connectivity index (χ2n) is 34.7. The number of aromatic nitrogens is 6. The molecule has 24 rings (SSSR count). The van der Waals surface area contributed by atoms with Crippen molar-refractivity contribution in [3.63, 3.8) is 0 Å². The minimum absolute atomic E-state index is 0.0566. The minimum atomic E-state index is -1.82. The molecule has 0 saturated heterocycles. The molecule has 12 nitrogen and oxygen atoms in total. The molecule has 10 N–H and O–H groups in total. The summed E-state index contributed by atoms with van der Waals surface area (Å²) in [4.78, 5) is 21.5. The van der Waals surface area contributed by atoms with Crippen molar-refractivity contribution in [2.75, 3.05) is 0 Å². The average Bonchev–Trinajstić information content (AvgIpc) is 1.49. The van der Waals surface area contributed by atoms with Gasteiger partial charge in [0.25, 0.3) is 0 Å². The van der Waals surface area contributed by atoms with E-state index >= 15 is 0 Å². The summed E-state index contributed by atoms with van der Waals surface area (Å²) in [5, 5.41) is 75.2. The van der Waals surface area contributed by atoms with Crippen LogP contribution in [0.2, 0.25) is 0 Å². The van der Waals surface area contributed by atoms with E-state index in [2.05, 4.69) is 182 Å². The first-order valence-corrected chi connectivity index (χ1v) is 45.2. The lowest BCUT2D eigenvalue weighted by Crippen LogP contribution is -2.54. The standard InChI is InChI=1S/C38H26O2.C26H18N2.C22H22O2.C18H14O2.C10H10N2.C9H8N2/c39-37(33(25-13-1-2-14-25)29-21-9-10-22-30(29)34(37)26-15-3-4-16-26)38(40)35(27-17-5-6-18-27)31-23-11-12-24-32(31)36(38)28-19-7-8-20-28;1-2-10-17(9-1)23-19-13-5-7-15-21(19)27-25(23)26-24(18-11-3-4-12-18)20-14-6-8-16-22(20)28-26;1-22(2,3)18-13-17(19(23)14-20(18)24)21(16-11-7-8-12-16)15-9-5-4-6-10-15;19-15-10-11-16(17(20)12-15)18(14-8-4-5-9-14)13-6-2-1-3-7-13;1-8-10(12-7-11-8)6-9-4-2-3-5-9;1-2-4-8(3-1)5-9-6-10-7-11-9/h1-24,39-40H;1-16,27-28H;4-14,23-24H,1-3H3;1-12,19-20H;2-7H,1H3,(H,11,12);1-7H,(H,10,11)/b;26-25+;;;;. The molecule has 8 aromatic carbocycles. The summed E-state index contributed by atoms with van der Waals surface area (Å²) in [7, 11) is 0. The number of phenols is 4. The van der Waals surface area contributed by atoms with Crippen LogP contribution in [0.25, 0.3) is 78.5 Å². The number of nitrogens with one attached hydrogen (secondary N) is 4. The molecule has 656 valence electrons. The number of allylic oxidation sites excluding steroid dienone is 48. The van der Waals surface area contributed by atoms with E-state index in [0.29, 0.717) is 27.9 Å². The van der Waals surface area contributed by atoms with E-state index in [1.54, 1.807) is 31.0 Å². The van der Waals surface area contributed by atoms with Gasteiger partial charge in [0, 0.05) is 89.1 Å². The van der Waals surface area contributed by atoms with Crippen LogP contribution in [0.1, 0.15) is 87.9 Å². The molecule has 0 saturated carbocycles. The topological polar surface area (TPSA) is 210 Å². The van der Waals surface area contributed by atoms with Gasteiger partial charge in [-0.3, -0.25) is 0 Å². The molecule has 0 bridgehead atoms. The van der Waals surface area contributed by atoms with Gasteiger partial charge in [0.1, 0.15) is 23.0 Å². The maximum absolute atomic E-state index is 13.8. The van der Waals surface area contributed by atoms with Gasteiger partial charge in [0.15, 0.2) is 11.2 Å². The van der Waals surface area contributed by atoms with Gasteiger partial charge in [-0.25, -0.2) is 9.97 Å². The Balaban J connectivity index is 0.000000109. The third-order valence-electron chi connectivity index (χ3n) is 25.1. The first kappa shape index (κ1) is 87.2. The Hall–Kier alpha value is -17.2. The zero-order valence-corrected chi connectivity index (χ0v) is 75.0. The van der Waals surface area contributed by atoms with E-state index in [4.69, 9.17) is 0 Å². The Morgan fingerprint density at radius 1 is 0.341 bits per heavy atom. The number of aryl methyl sites for hydroxylation is 1. The number of aromatic amines is 4. The number of H-pyrrole nitrogens is 4. The van der Waals surface area contributed by atoms with E-state index in [1.807, 2.05) is 295 Å². The second-order valence-corrected chi connectivity index (χ2v) is 34.7. The Morgan fingerprint density at radius 3 is 1.07 bits per heavy atom. The maximum atomic E-state index is 13.8. The molecular weight excluding hydrogens is 1660 g/mol. The third kappa shape index (κ3) is 17.4. The molecule has 12 aliphatic rings. The van der Waals surface area contributed by atoms with Crippen molar-refractivity contribution in [2.24, 2.45) is 0 Å². The molecule has 0 aliphatic heterocycles. The van der Waals surface area contributed by atoms with Gasteiger partial charge in [-0.15, -0.1) is 0 Å². The monoisotopic (exact) mass is 1750 g/mol. The fraction of sp³-hybridized carbons (Fsp3) is 0.0569. The first-order chi connectivity index (χ1) is 66.0. The minimum Gasteiger partial charge on any atom is -0.508 e. The summed E-state index contributed by atoms with van der Waals surface area (Å²) in [6.45, 7) is 8.16. The number of hydrogen-bond donors (Lipinski definition) is 10. The number of aromatic hydroxyl groups is 4. The molecule has 0 spiro atoms. The van der Waals surface area contributed by atoms with Crippen molar-refractivity contribution in [1.82, 2.24) is 29.9 Å². The third-order valence-corrected chi connectivity index (χ3v) is 25.1. The number of phenolic OH excluding ortho intramolecular Hbond substituents is 4. The number of benzene rings is 8. The van der Waals surface area contributed by atoms with Crippen LogP contribution >= 0.6 is 0 Å². The van der Waals surface area contributed by atoms with Crippen molar-refractivity contribution in [3.8, 4) is 23.0 Å². The summed E-state index contributed by atoms with van der Waals surface area (Å²) in [6.07, 6.45) is 90.9. The second kappa shape index (κ2) is 38.1. The highest BCUT2D eigenvalue weighted by Gasteiger charge is 2.66. The number of aliphatic hydroxyl groups is 2. The van der Waals surface area contributed by atoms with Gasteiger partial charge < -0.3 is 50.6 Å². The fourth-order valence-corrected chi connectivity index (χ4v) is 19.1. The number of para-hydroxylation sites is 2. The van der Waals surface area contributed by atoms with Crippen LogP contribution in [-0.2, 0) is 5.41 Å². The number of rotatable bonds is 7. The zero-order valence-electron chi connectivity index (χ0n) is 75.0. The molecule has 4 heterocycles. The van der Waals surface area contributed by atoms with Crippen molar-refractivity contribution < 1.29 is 30.6 Å². The molecule has 0 radical (unpaired) electrons. The normalized spacial score (nSPS) is 16.7. The molecule has 4 aromatic heterocycles. The highest BCUT2D eigenvalue weighted by molar-refractivity contribution is 6.16. The molecule has 0 amide bonds. The van der Waals surface area contributed by atoms with E-state index in [1.165, 1.54) is 55.6 Å². The van der Waals surface area contributed by atoms with Gasteiger partial charge in [-0.2, -0.15) is 0 Å². The molecule has 12 aromatic rings. The van der Waals surface area contributed by atoms with Crippen LogP contribution in [0.3, 0.4) is 0 Å². The quantitative estimate of drug-likeness (QED) is 0.0740. The molecule has 0 atom stereocenters. The van der Waals surface area contributed by atoms with E-state index in [-0.39, 0.29) is 28.4 Å². The van der Waals surface area contributed by atoms with Crippen LogP contribution in [-0.4, -0.2) is 71.7 Å². The van der Waals surface area contributed by atoms with Crippen molar-refractivity contribution in [1.29, 1.82) is 0 Å². The first-order valence-electron chi connectivity index (χ1n) is 45.2. The summed E-state index contributed by atoms with van der Waals surface area (Å²) in [5.74, 6) is 0.338. The zero-order chi connectivity index (χ0) is 92.6. The summed E-state index contributed by atoms with van der Waals surface area (Å²) < 4.78 is 0. The lowest BCUT2D eigenvalue weighted by molar-refractivity contribution is 0.00194. The number of hydrogen-bond acceptors (Lipinski definition) is 8. The predicted molar refractivity (Wildman–Crippen MR) is 555 cm³/mol. The molecule has 0 unspecified atom stereocenters. The highest BCUT2D eigenvalue weighted by Crippen LogP contribution is 2.67. The summed E-state index contributed by atoms with van der Waals surface area (Å²) in [5.41, 5.74) is 24.9. The van der Waals surface area contributed by atoms with Crippen LogP contribution in [0.15, 0.2) is 495 Å². The lowest BCUT2D eigenvalue weighted by Gasteiger charge is -2.45. The van der Waals surface area contributed by atoms with Crippen LogP contribution in [0.5, 0.6) is 23.0 Å². The molecular formula is C123H98N6O6. The summed E-state index contributed by atoms with van der Waals surface area (Å²) >= 11 is 0. The average molecular weight is 1760 g/mol. The summed E-state index contributed by atoms with van der Waals surface area (Å²) in [6, 6.07) is 61.3. The van der Waals surface area contributed by atoms with Crippen molar-refractivity contribution in [2.45, 2.75) is 44.3 Å². The predicted octanol–water partition coefficient (Wildman–Crippen LogP) is 25.4. The van der Waals surface area contributed by atoms with Gasteiger partial charge in [0.05, 0.1) is 40.9 Å². The van der Waals surface area contributed by atoms with E-state index in [0.717, 1.165) is 128 Å². The van der Waals surface area contributed by atoms with Gasteiger partial charge in [0.2, 0.25) is 0 Å². The van der Waals surface area contributed by atoms with Gasteiger partial charge >= 0.3 is 0 Å². The van der Waals surface area contributed by atoms with Crippen LogP contribution < -0.4 is 10.4 Å². The molecule has 12 heteroatoms. The van der Waals surface area contributed by atoms with E-state index < -0.39 is 11.2 Å².